The van der Waals surface area contributed by atoms with Crippen molar-refractivity contribution in [2.75, 3.05) is 10.6 Å². The summed E-state index contributed by atoms with van der Waals surface area (Å²) < 4.78 is 0.976. The molecule has 0 fully saturated rings. The highest BCUT2D eigenvalue weighted by atomic mass is 79.9. The van der Waals surface area contributed by atoms with E-state index in [0.29, 0.717) is 18.3 Å². The zero-order valence-electron chi connectivity index (χ0n) is 12.1. The number of aromatic nitrogens is 2. The van der Waals surface area contributed by atoms with Gasteiger partial charge in [-0.25, -0.2) is 4.98 Å². The Hall–Kier alpha value is -2.11. The Kier molecular flexibility index (Phi) is 5.10. The lowest BCUT2D eigenvalue weighted by Crippen LogP contribution is -2.05. The van der Waals surface area contributed by atoms with E-state index in [1.165, 1.54) is 0 Å². The van der Waals surface area contributed by atoms with Gasteiger partial charge < -0.3 is 10.6 Å². The number of para-hydroxylation sites is 1. The molecule has 6 heteroatoms. The van der Waals surface area contributed by atoms with Gasteiger partial charge in [-0.15, -0.1) is 0 Å². The van der Waals surface area contributed by atoms with Gasteiger partial charge in [0, 0.05) is 22.2 Å². The Morgan fingerprint density at radius 3 is 2.61 bits per heavy atom. The second kappa shape index (κ2) is 7.44. The molecule has 2 aromatic carbocycles. The van der Waals surface area contributed by atoms with Gasteiger partial charge in [0.05, 0.1) is 5.69 Å². The highest BCUT2D eigenvalue weighted by molar-refractivity contribution is 9.10. The van der Waals surface area contributed by atoms with Gasteiger partial charge in [0.25, 0.3) is 0 Å². The maximum Gasteiger partial charge on any atom is 0.224 e. The maximum absolute atomic E-state index is 6.15. The second-order valence-corrected chi connectivity index (χ2v) is 6.08. The molecule has 0 spiro atoms. The lowest BCUT2D eigenvalue weighted by Gasteiger charge is -2.10. The fourth-order valence-electron chi connectivity index (χ4n) is 2.03. The van der Waals surface area contributed by atoms with Crippen LogP contribution in [0.1, 0.15) is 5.56 Å². The van der Waals surface area contributed by atoms with Crippen LogP contribution in [0.15, 0.2) is 65.3 Å². The first-order valence-electron chi connectivity index (χ1n) is 7.04. The van der Waals surface area contributed by atoms with Crippen molar-refractivity contribution in [2.24, 2.45) is 0 Å². The minimum atomic E-state index is 0.543. The number of nitrogens with zero attached hydrogens (tertiary/aromatic N) is 2. The summed E-state index contributed by atoms with van der Waals surface area (Å²) in [7, 11) is 0. The zero-order chi connectivity index (χ0) is 16.1. The minimum absolute atomic E-state index is 0.543. The van der Waals surface area contributed by atoms with E-state index in [9.17, 15) is 0 Å². The lowest BCUT2D eigenvalue weighted by molar-refractivity contribution is 1.06. The minimum Gasteiger partial charge on any atom is -0.350 e. The fraction of sp³-hybridized carbons (Fsp3) is 0.0588. The largest absolute Gasteiger partial charge is 0.350 e. The number of hydrogen-bond acceptors (Lipinski definition) is 4. The van der Waals surface area contributed by atoms with Crippen molar-refractivity contribution in [3.63, 3.8) is 0 Å². The van der Waals surface area contributed by atoms with Gasteiger partial charge in [0.1, 0.15) is 5.82 Å². The van der Waals surface area contributed by atoms with Gasteiger partial charge in [-0.3, -0.25) is 0 Å². The molecule has 3 rings (SSSR count). The van der Waals surface area contributed by atoms with Gasteiger partial charge in [0.15, 0.2) is 0 Å². The normalized spacial score (nSPS) is 10.3. The van der Waals surface area contributed by atoms with Crippen LogP contribution in [0.3, 0.4) is 0 Å². The number of hydrogen-bond donors (Lipinski definition) is 2. The first kappa shape index (κ1) is 15.8. The molecule has 0 aliphatic rings. The molecular weight excluding hydrogens is 376 g/mol. The molecule has 116 valence electrons. The molecule has 0 saturated carbocycles. The zero-order valence-corrected chi connectivity index (χ0v) is 14.5. The Labute approximate surface area is 148 Å². The quantitative estimate of drug-likeness (QED) is 0.626. The Morgan fingerprint density at radius 2 is 1.78 bits per heavy atom. The van der Waals surface area contributed by atoms with Crippen LogP contribution < -0.4 is 10.6 Å². The first-order chi connectivity index (χ1) is 11.2. The van der Waals surface area contributed by atoms with Crippen LogP contribution in [-0.4, -0.2) is 9.97 Å². The molecule has 0 unspecified atom stereocenters. The third-order valence-electron chi connectivity index (χ3n) is 3.19. The summed E-state index contributed by atoms with van der Waals surface area (Å²) in [5, 5.41) is 7.17. The molecule has 0 saturated heterocycles. The third-order valence-corrected chi connectivity index (χ3v) is 4.25. The van der Waals surface area contributed by atoms with E-state index in [2.05, 4.69) is 36.5 Å². The molecule has 0 atom stereocenters. The van der Waals surface area contributed by atoms with E-state index >= 15 is 0 Å². The molecular formula is C17H14BrClN4. The predicted octanol–water partition coefficient (Wildman–Crippen LogP) is 5.25. The standard InChI is InChI=1S/C17H14BrClN4/c18-13-6-2-4-8-15(13)22-16-9-10-20-17(23-16)21-11-12-5-1-3-7-14(12)19/h1-10H,11H2,(H2,20,21,22,23). The van der Waals surface area contributed by atoms with Crippen LogP contribution in [0, 0.1) is 0 Å². The molecule has 2 N–H and O–H groups in total. The molecule has 0 bridgehead atoms. The number of benzene rings is 2. The van der Waals surface area contributed by atoms with Gasteiger partial charge in [0.2, 0.25) is 5.95 Å². The summed E-state index contributed by atoms with van der Waals surface area (Å²) >= 11 is 9.65. The van der Waals surface area contributed by atoms with Crippen molar-refractivity contribution in [1.29, 1.82) is 0 Å². The summed E-state index contributed by atoms with van der Waals surface area (Å²) in [6.45, 7) is 0.568. The van der Waals surface area contributed by atoms with Crippen molar-refractivity contribution in [3.05, 3.63) is 75.9 Å². The predicted molar refractivity (Wildman–Crippen MR) is 98.2 cm³/mol. The molecule has 1 aromatic heterocycles. The Bertz CT molecular complexity index is 810. The summed E-state index contributed by atoms with van der Waals surface area (Å²) in [5.74, 6) is 1.26. The van der Waals surface area contributed by atoms with E-state index in [0.717, 1.165) is 20.7 Å². The van der Waals surface area contributed by atoms with Gasteiger partial charge in [-0.1, -0.05) is 41.9 Å². The van der Waals surface area contributed by atoms with E-state index in [-0.39, 0.29) is 0 Å². The van der Waals surface area contributed by atoms with Crippen LogP contribution in [0.4, 0.5) is 17.5 Å². The summed E-state index contributed by atoms with van der Waals surface area (Å²) in [5.41, 5.74) is 1.95. The third kappa shape index (κ3) is 4.21. The molecule has 3 aromatic rings. The smallest absolute Gasteiger partial charge is 0.224 e. The molecule has 1 heterocycles. The summed E-state index contributed by atoms with van der Waals surface area (Å²) in [4.78, 5) is 8.69. The van der Waals surface area contributed by atoms with Gasteiger partial charge in [-0.05, 0) is 45.8 Å². The number of anilines is 3. The van der Waals surface area contributed by atoms with Crippen molar-refractivity contribution in [1.82, 2.24) is 9.97 Å². The molecule has 4 nitrogen and oxygen atoms in total. The molecule has 0 aliphatic heterocycles. The SMILES string of the molecule is Clc1ccccc1CNc1nccc(Nc2ccccc2Br)n1. The maximum atomic E-state index is 6.15. The molecule has 23 heavy (non-hydrogen) atoms. The summed E-state index contributed by atoms with van der Waals surface area (Å²) in [6, 6.07) is 17.4. The van der Waals surface area contributed by atoms with E-state index in [4.69, 9.17) is 11.6 Å². The Balaban J connectivity index is 1.70. The van der Waals surface area contributed by atoms with Crippen LogP contribution in [0.25, 0.3) is 0 Å². The van der Waals surface area contributed by atoms with Crippen molar-refractivity contribution < 1.29 is 0 Å². The Morgan fingerprint density at radius 1 is 1.00 bits per heavy atom. The van der Waals surface area contributed by atoms with Gasteiger partial charge >= 0.3 is 0 Å². The van der Waals surface area contributed by atoms with Crippen molar-refractivity contribution in [2.45, 2.75) is 6.54 Å². The average Bonchev–Trinajstić information content (AvgIpc) is 2.57. The monoisotopic (exact) mass is 388 g/mol. The van der Waals surface area contributed by atoms with Crippen molar-refractivity contribution in [3.8, 4) is 0 Å². The number of rotatable bonds is 5. The van der Waals surface area contributed by atoms with Crippen LogP contribution in [0.2, 0.25) is 5.02 Å². The first-order valence-corrected chi connectivity index (χ1v) is 8.21. The van der Waals surface area contributed by atoms with E-state index in [1.807, 2.05) is 54.6 Å². The lowest BCUT2D eigenvalue weighted by atomic mass is 10.2. The van der Waals surface area contributed by atoms with E-state index < -0.39 is 0 Å². The molecule has 0 amide bonds. The number of nitrogens with one attached hydrogen (secondary N) is 2. The van der Waals surface area contributed by atoms with Gasteiger partial charge in [-0.2, -0.15) is 4.98 Å². The van der Waals surface area contributed by atoms with Crippen LogP contribution >= 0.6 is 27.5 Å². The van der Waals surface area contributed by atoms with Crippen LogP contribution in [0.5, 0.6) is 0 Å². The number of halogens is 2. The summed E-state index contributed by atoms with van der Waals surface area (Å²) in [6.07, 6.45) is 1.71. The van der Waals surface area contributed by atoms with Crippen LogP contribution in [-0.2, 0) is 6.54 Å². The topological polar surface area (TPSA) is 49.8 Å². The molecule has 0 radical (unpaired) electrons. The van der Waals surface area contributed by atoms with Crippen molar-refractivity contribution >= 4 is 45.0 Å². The average molecular weight is 390 g/mol. The highest BCUT2D eigenvalue weighted by Gasteiger charge is 2.04. The van der Waals surface area contributed by atoms with E-state index in [1.54, 1.807) is 6.20 Å². The second-order valence-electron chi connectivity index (χ2n) is 4.82. The fourth-order valence-corrected chi connectivity index (χ4v) is 2.62. The molecule has 0 aliphatic carbocycles. The highest BCUT2D eigenvalue weighted by Crippen LogP contribution is 2.24.